The van der Waals surface area contributed by atoms with E-state index in [1.165, 1.54) is 11.3 Å². The minimum absolute atomic E-state index is 0.451. The van der Waals surface area contributed by atoms with Crippen LogP contribution < -0.4 is 11.1 Å². The van der Waals surface area contributed by atoms with Crippen LogP contribution in [0.1, 0.15) is 29.2 Å². The van der Waals surface area contributed by atoms with E-state index in [1.54, 1.807) is 41.3 Å². The van der Waals surface area contributed by atoms with Gasteiger partial charge in [-0.25, -0.2) is 15.0 Å². The van der Waals surface area contributed by atoms with Gasteiger partial charge >= 0.3 is 0 Å². The van der Waals surface area contributed by atoms with Crippen molar-refractivity contribution in [1.82, 2.24) is 24.3 Å². The molecular weight excluding hydrogens is 398 g/mol. The van der Waals surface area contributed by atoms with Crippen LogP contribution in [-0.4, -0.2) is 30.2 Å². The maximum Gasteiger partial charge on any atom is 0.260 e. The Kier molecular flexibility index (Phi) is 4.48. The third-order valence-corrected chi connectivity index (χ3v) is 5.44. The number of carbonyl (C=O) groups is 1. The van der Waals surface area contributed by atoms with E-state index in [2.05, 4.69) is 25.3 Å². The van der Waals surface area contributed by atoms with E-state index in [0.717, 1.165) is 5.56 Å². The molecule has 0 fully saturated rings. The predicted molar refractivity (Wildman–Crippen MR) is 109 cm³/mol. The molecule has 28 heavy (non-hydrogen) atoms. The fraction of sp³-hybridized carbons (Fsp3) is 0.167. The van der Waals surface area contributed by atoms with Crippen molar-refractivity contribution < 1.29 is 4.79 Å². The number of anilines is 1. The second-order valence-corrected chi connectivity index (χ2v) is 8.07. The third kappa shape index (κ3) is 3.41. The Hall–Kier alpha value is -3.04. The lowest BCUT2D eigenvalue weighted by Crippen LogP contribution is -2.30. The van der Waals surface area contributed by atoms with E-state index in [9.17, 15) is 4.79 Å². The highest BCUT2D eigenvalue weighted by atomic mass is 35.5. The Bertz CT molecular complexity index is 1130. The summed E-state index contributed by atoms with van der Waals surface area (Å²) in [5.41, 5.74) is 6.92. The molecular formula is C18H16ClN7OS. The van der Waals surface area contributed by atoms with Gasteiger partial charge in [0.25, 0.3) is 5.91 Å². The number of aromatic nitrogens is 5. The van der Waals surface area contributed by atoms with E-state index >= 15 is 0 Å². The zero-order valence-electron chi connectivity index (χ0n) is 15.0. The number of hydrogen-bond acceptors (Lipinski definition) is 7. The molecule has 8 nitrogen and oxygen atoms in total. The van der Waals surface area contributed by atoms with Crippen molar-refractivity contribution >= 4 is 39.8 Å². The van der Waals surface area contributed by atoms with Crippen LogP contribution in [0, 0.1) is 0 Å². The standard InChI is InChI=1S/C18H16ClN7OS/c1-18(2,14-11(19)4-3-5-21-14)25-16-22-6-10(7-23-16)12-8-26-9-13(15(20)27)28-17(26)24-12/h3-9H,1-2H3,(H2,20,27)(H,22,23,25). The molecule has 0 spiro atoms. The fourth-order valence-electron chi connectivity index (χ4n) is 2.76. The van der Waals surface area contributed by atoms with E-state index in [-0.39, 0.29) is 0 Å². The number of thiazole rings is 1. The first-order chi connectivity index (χ1) is 13.3. The molecule has 0 radical (unpaired) electrons. The zero-order chi connectivity index (χ0) is 19.9. The number of hydrogen-bond donors (Lipinski definition) is 2. The maximum absolute atomic E-state index is 11.3. The molecule has 0 bridgehead atoms. The Labute approximate surface area is 169 Å². The molecule has 3 N–H and O–H groups in total. The normalized spacial score (nSPS) is 11.7. The number of halogens is 1. The van der Waals surface area contributed by atoms with E-state index in [4.69, 9.17) is 17.3 Å². The first kappa shape index (κ1) is 18.3. The highest BCUT2D eigenvalue weighted by molar-refractivity contribution is 7.18. The molecule has 0 saturated carbocycles. The molecule has 1 amide bonds. The van der Waals surface area contributed by atoms with Crippen LogP contribution in [0.4, 0.5) is 5.95 Å². The third-order valence-electron chi connectivity index (χ3n) is 4.12. The van der Waals surface area contributed by atoms with Gasteiger partial charge in [0.1, 0.15) is 4.88 Å². The van der Waals surface area contributed by atoms with Crippen LogP contribution in [0.2, 0.25) is 5.02 Å². The number of carbonyl (C=O) groups excluding carboxylic acids is 1. The number of nitrogens with zero attached hydrogens (tertiary/aromatic N) is 5. The van der Waals surface area contributed by atoms with Crippen molar-refractivity contribution in [2.45, 2.75) is 19.4 Å². The lowest BCUT2D eigenvalue weighted by molar-refractivity contribution is 0.100. The van der Waals surface area contributed by atoms with Gasteiger partial charge in [0, 0.05) is 36.5 Å². The van der Waals surface area contributed by atoms with Crippen LogP contribution in [0.25, 0.3) is 16.2 Å². The van der Waals surface area contributed by atoms with E-state index in [0.29, 0.717) is 32.2 Å². The van der Waals surface area contributed by atoms with Crippen molar-refractivity contribution in [2.24, 2.45) is 5.73 Å². The molecule has 0 unspecified atom stereocenters. The Morgan fingerprint density at radius 2 is 2.00 bits per heavy atom. The fourth-order valence-corrected chi connectivity index (χ4v) is 3.93. The molecule has 0 saturated heterocycles. The quantitative estimate of drug-likeness (QED) is 0.519. The SMILES string of the molecule is CC(C)(Nc1ncc(-c2cn3cc(C(N)=O)sc3n2)cn1)c1ncccc1Cl. The molecule has 0 aliphatic heterocycles. The van der Waals surface area contributed by atoms with Crippen LogP contribution in [0.3, 0.4) is 0 Å². The van der Waals surface area contributed by atoms with Gasteiger partial charge in [-0.15, -0.1) is 0 Å². The molecule has 4 heterocycles. The number of nitrogens with two attached hydrogens (primary N) is 1. The van der Waals surface area contributed by atoms with Crippen LogP contribution in [-0.2, 0) is 5.54 Å². The van der Waals surface area contributed by atoms with E-state index < -0.39 is 11.4 Å². The minimum Gasteiger partial charge on any atom is -0.365 e. The number of amides is 1. The smallest absolute Gasteiger partial charge is 0.260 e. The average molecular weight is 414 g/mol. The van der Waals surface area contributed by atoms with Crippen LogP contribution >= 0.6 is 22.9 Å². The van der Waals surface area contributed by atoms with Gasteiger partial charge in [-0.1, -0.05) is 22.9 Å². The summed E-state index contributed by atoms with van der Waals surface area (Å²) in [6.07, 6.45) is 8.54. The second-order valence-electron chi connectivity index (χ2n) is 6.65. The summed E-state index contributed by atoms with van der Waals surface area (Å²) in [7, 11) is 0. The molecule has 142 valence electrons. The summed E-state index contributed by atoms with van der Waals surface area (Å²) in [5, 5.41) is 3.83. The number of pyridine rings is 1. The largest absolute Gasteiger partial charge is 0.365 e. The Morgan fingerprint density at radius 3 is 2.64 bits per heavy atom. The highest BCUT2D eigenvalue weighted by Crippen LogP contribution is 2.28. The highest BCUT2D eigenvalue weighted by Gasteiger charge is 2.25. The van der Waals surface area contributed by atoms with Crippen LogP contribution in [0.15, 0.2) is 43.1 Å². The Balaban J connectivity index is 1.56. The molecule has 10 heteroatoms. The van der Waals surface area contributed by atoms with Gasteiger partial charge < -0.3 is 11.1 Å². The summed E-state index contributed by atoms with van der Waals surface area (Å²) in [4.78, 5) is 30.0. The van der Waals surface area contributed by atoms with Gasteiger partial charge in [0.2, 0.25) is 5.95 Å². The number of nitrogens with one attached hydrogen (secondary N) is 1. The van der Waals surface area contributed by atoms with E-state index in [1.807, 2.05) is 20.0 Å². The first-order valence-electron chi connectivity index (χ1n) is 8.33. The first-order valence-corrected chi connectivity index (χ1v) is 9.53. The summed E-state index contributed by atoms with van der Waals surface area (Å²) in [6.45, 7) is 3.91. The number of fused-ring (bicyclic) bond motifs is 1. The minimum atomic E-state index is -0.554. The molecule has 0 aliphatic rings. The van der Waals surface area contributed by atoms with Crippen molar-refractivity contribution in [3.63, 3.8) is 0 Å². The molecule has 4 rings (SSSR count). The summed E-state index contributed by atoms with van der Waals surface area (Å²) >= 11 is 7.49. The topological polar surface area (TPSA) is 111 Å². The maximum atomic E-state index is 11.3. The number of rotatable bonds is 5. The average Bonchev–Trinajstić information content (AvgIpc) is 3.21. The van der Waals surface area contributed by atoms with Gasteiger partial charge in [0.05, 0.1) is 21.9 Å². The predicted octanol–water partition coefficient (Wildman–Crippen LogP) is 3.35. The van der Waals surface area contributed by atoms with Gasteiger partial charge in [-0.2, -0.15) is 0 Å². The van der Waals surface area contributed by atoms with Crippen molar-refractivity contribution in [2.75, 3.05) is 5.32 Å². The van der Waals surface area contributed by atoms with Crippen LogP contribution in [0.5, 0.6) is 0 Å². The van der Waals surface area contributed by atoms with Gasteiger partial charge in [-0.3, -0.25) is 14.2 Å². The Morgan fingerprint density at radius 1 is 1.25 bits per heavy atom. The molecule has 0 atom stereocenters. The number of imidazole rings is 1. The van der Waals surface area contributed by atoms with Crippen molar-refractivity contribution in [3.8, 4) is 11.3 Å². The lowest BCUT2D eigenvalue weighted by atomic mass is 10.00. The van der Waals surface area contributed by atoms with Crippen molar-refractivity contribution in [1.29, 1.82) is 0 Å². The number of primary amides is 1. The lowest BCUT2D eigenvalue weighted by Gasteiger charge is -2.26. The van der Waals surface area contributed by atoms with Gasteiger partial charge in [-0.05, 0) is 26.0 Å². The summed E-state index contributed by atoms with van der Waals surface area (Å²) in [5.74, 6) is -0.0149. The van der Waals surface area contributed by atoms with Crippen molar-refractivity contribution in [3.05, 3.63) is 58.7 Å². The molecule has 0 aliphatic carbocycles. The summed E-state index contributed by atoms with van der Waals surface area (Å²) < 4.78 is 1.76. The second kappa shape index (κ2) is 6.84. The van der Waals surface area contributed by atoms with Gasteiger partial charge in [0.15, 0.2) is 4.96 Å². The molecule has 4 aromatic heterocycles. The molecule has 0 aromatic carbocycles. The molecule has 4 aromatic rings. The monoisotopic (exact) mass is 413 g/mol. The zero-order valence-corrected chi connectivity index (χ0v) is 16.6. The summed E-state index contributed by atoms with van der Waals surface area (Å²) in [6, 6.07) is 3.58.